The number of aromatic hydroxyl groups is 1. The van der Waals surface area contributed by atoms with E-state index in [4.69, 9.17) is 38.2 Å². The van der Waals surface area contributed by atoms with E-state index in [1.54, 1.807) is 0 Å². The first-order chi connectivity index (χ1) is 39.8. The van der Waals surface area contributed by atoms with Crippen LogP contribution in [0.15, 0.2) is 109 Å². The average molecular weight is 1110 g/mol. The number of aryl methyl sites for hydroxylation is 13. The first-order valence-electron chi connectivity index (χ1n) is 28.2. The molecular formula is C73H68O10. The van der Waals surface area contributed by atoms with Gasteiger partial charge >= 0.3 is 5.97 Å². The van der Waals surface area contributed by atoms with Gasteiger partial charge < -0.3 is 38.4 Å². The number of fused-ring (bicyclic) bond motifs is 18. The van der Waals surface area contributed by atoms with Crippen LogP contribution in [0, 0.1) is 90.0 Å². The number of ether oxygens (including phenoxy) is 6. The van der Waals surface area contributed by atoms with Crippen molar-refractivity contribution in [1.82, 2.24) is 0 Å². The lowest BCUT2D eigenvalue weighted by Crippen LogP contribution is -2.18. The van der Waals surface area contributed by atoms with E-state index in [1.165, 1.54) is 65.9 Å². The molecule has 0 bridgehead atoms. The Morgan fingerprint density at radius 3 is 0.916 bits per heavy atom. The smallest absolute Gasteiger partial charge is 0.337 e. The van der Waals surface area contributed by atoms with Crippen molar-refractivity contribution in [3.63, 3.8) is 0 Å². The Kier molecular flexibility index (Phi) is 14.4. The van der Waals surface area contributed by atoms with Crippen LogP contribution in [0.2, 0.25) is 0 Å². The summed E-state index contributed by atoms with van der Waals surface area (Å²) in [5, 5.41) is 30.4. The highest BCUT2D eigenvalue weighted by molar-refractivity contribution is 6.28. The summed E-state index contributed by atoms with van der Waals surface area (Å²) in [6.07, 6.45) is 0. The van der Waals surface area contributed by atoms with E-state index in [0.717, 1.165) is 109 Å². The van der Waals surface area contributed by atoms with Crippen LogP contribution >= 0.6 is 0 Å². The molecule has 0 aliphatic carbocycles. The molecule has 1 N–H and O–H groups in total. The third kappa shape index (κ3) is 10.0. The number of phenolic OH excluding ortho intramolecular Hbond substituents is 1. The van der Waals surface area contributed by atoms with Crippen molar-refractivity contribution in [3.8, 4) is 28.7 Å². The number of carbonyl (C=O) groups is 1. The predicted molar refractivity (Wildman–Crippen MR) is 336 cm³/mol. The lowest BCUT2D eigenvalue weighted by molar-refractivity contribution is -0.265. The molecule has 0 aliphatic rings. The van der Waals surface area contributed by atoms with Gasteiger partial charge in [0.2, 0.25) is 0 Å². The van der Waals surface area contributed by atoms with Crippen molar-refractivity contribution in [2.45, 2.75) is 90.0 Å². The van der Waals surface area contributed by atoms with Gasteiger partial charge in [-0.25, -0.2) is 4.79 Å². The van der Waals surface area contributed by atoms with Gasteiger partial charge in [0.05, 0.1) is 0 Å². The molecule has 0 radical (unpaired) electrons. The lowest BCUT2D eigenvalue weighted by atomic mass is 9.89. The number of rotatable bonds is 15. The van der Waals surface area contributed by atoms with Crippen LogP contribution < -0.4 is 19.1 Å². The molecule has 0 saturated carbocycles. The maximum Gasteiger partial charge on any atom is 0.337 e. The number of phenols is 1. The van der Waals surface area contributed by atoms with Gasteiger partial charge in [-0.1, -0.05) is 48.5 Å². The van der Waals surface area contributed by atoms with E-state index in [-0.39, 0.29) is 39.5 Å². The zero-order valence-electron chi connectivity index (χ0n) is 49.5. The van der Waals surface area contributed by atoms with Crippen molar-refractivity contribution >= 4 is 103 Å². The van der Waals surface area contributed by atoms with Crippen LogP contribution in [0.1, 0.15) is 72.3 Å². The summed E-state index contributed by atoms with van der Waals surface area (Å²) in [5.74, 6) is 2.04. The van der Waals surface area contributed by atoms with Crippen LogP contribution in [0.5, 0.6) is 28.7 Å². The quantitative estimate of drug-likeness (QED) is 0.0203. The Labute approximate surface area is 482 Å². The highest BCUT2D eigenvalue weighted by Gasteiger charge is 2.20. The fourth-order valence-corrected chi connectivity index (χ4v) is 12.0. The van der Waals surface area contributed by atoms with Crippen molar-refractivity contribution < 1.29 is 48.1 Å². The van der Waals surface area contributed by atoms with Crippen LogP contribution in [-0.2, 0) is 23.9 Å². The van der Waals surface area contributed by atoms with Crippen LogP contribution in [0.25, 0.3) is 97.0 Å². The maximum atomic E-state index is 13.4. The SMILES string of the molecule is Cc1cc2c3cc(C)c(C)cc3c3cc(OCOCOCOc4cc5c(cc4C)c4cc(C)c(C)cc4c4cc(OC(=O)COCOOc6cc7c8cc(C)c(O)cc8c8cc(C)c(C)cc8c7cc6C)c(C)cc54)c(C)cc3c2cc1C. The summed E-state index contributed by atoms with van der Waals surface area (Å²) >= 11 is 0. The molecule has 0 spiro atoms. The van der Waals surface area contributed by atoms with Gasteiger partial charge in [0.1, 0.15) is 29.6 Å². The average Bonchev–Trinajstić information content (AvgIpc) is 3.57. The third-order valence-corrected chi connectivity index (χ3v) is 17.2. The van der Waals surface area contributed by atoms with E-state index in [1.807, 2.05) is 52.0 Å². The Hall–Kier alpha value is -8.51. The highest BCUT2D eigenvalue weighted by atomic mass is 17.2. The molecule has 420 valence electrons. The highest BCUT2D eigenvalue weighted by Crippen LogP contribution is 2.45. The Morgan fingerprint density at radius 2 is 0.554 bits per heavy atom. The third-order valence-electron chi connectivity index (χ3n) is 17.2. The molecule has 0 saturated heterocycles. The van der Waals surface area contributed by atoms with E-state index in [2.05, 4.69) is 147 Å². The van der Waals surface area contributed by atoms with Gasteiger partial charge in [-0.05, 0) is 320 Å². The Morgan fingerprint density at radius 1 is 0.289 bits per heavy atom. The molecule has 12 aromatic rings. The molecule has 0 aliphatic heterocycles. The predicted octanol–water partition coefficient (Wildman–Crippen LogP) is 18.0. The molecule has 0 heterocycles. The van der Waals surface area contributed by atoms with Crippen molar-refractivity contribution in [3.05, 3.63) is 182 Å². The number of hydrogen-bond donors (Lipinski definition) is 1. The Balaban J connectivity index is 0.709. The summed E-state index contributed by atoms with van der Waals surface area (Å²) in [6, 6.07) is 38.6. The summed E-state index contributed by atoms with van der Waals surface area (Å²) < 4.78 is 35.9. The second kappa shape index (κ2) is 21.7. The second-order valence-electron chi connectivity index (χ2n) is 23.0. The molecule has 83 heavy (non-hydrogen) atoms. The lowest BCUT2D eigenvalue weighted by Gasteiger charge is -2.18. The second-order valence-corrected chi connectivity index (χ2v) is 23.0. The molecule has 0 unspecified atom stereocenters. The van der Waals surface area contributed by atoms with E-state index in [9.17, 15) is 9.90 Å². The molecule has 10 nitrogen and oxygen atoms in total. The number of benzene rings is 12. The number of carbonyl (C=O) groups excluding carboxylic acids is 1. The minimum atomic E-state index is -0.582. The number of esters is 1. The van der Waals surface area contributed by atoms with Gasteiger partial charge in [0, 0.05) is 0 Å². The fourth-order valence-electron chi connectivity index (χ4n) is 12.0. The zero-order valence-corrected chi connectivity index (χ0v) is 49.5. The molecule has 0 amide bonds. The van der Waals surface area contributed by atoms with Gasteiger partial charge in [-0.15, -0.1) is 0 Å². The van der Waals surface area contributed by atoms with Crippen LogP contribution in [0.3, 0.4) is 0 Å². The molecular weight excluding hydrogens is 1040 g/mol. The van der Waals surface area contributed by atoms with Crippen molar-refractivity contribution in [1.29, 1.82) is 0 Å². The summed E-state index contributed by atoms with van der Waals surface area (Å²) in [6.45, 7) is 26.3. The number of hydrogen-bond acceptors (Lipinski definition) is 10. The van der Waals surface area contributed by atoms with Gasteiger partial charge in [0.25, 0.3) is 0 Å². The summed E-state index contributed by atoms with van der Waals surface area (Å²) in [4.78, 5) is 24.8. The maximum absolute atomic E-state index is 13.4. The Bertz CT molecular complexity index is 4650. The minimum absolute atomic E-state index is 0.00527. The fraction of sp³-hybridized carbons (Fsp3) is 0.247. The first-order valence-corrected chi connectivity index (χ1v) is 28.2. The van der Waals surface area contributed by atoms with Gasteiger partial charge in [-0.2, -0.15) is 4.89 Å². The minimum Gasteiger partial charge on any atom is -0.508 e. The monoisotopic (exact) mass is 1100 g/mol. The molecule has 12 rings (SSSR count). The molecule has 10 heteroatoms. The van der Waals surface area contributed by atoms with Crippen LogP contribution in [-0.4, -0.2) is 44.9 Å². The standard InChI is InChI=1S/C73H68O10/c1-37-14-50-51-15-38(2)43(7)20-56(51)64-28-69(46(10)23-59(64)52(50)16-39(37)3)79-34-77-33-78-35-80-70-29-65-60(24-47(70)11)54-18-41(5)44(8)21-57(54)66-30-71(48(12)25-62(65)66)82-73(75)32-76-36-81-83-72-31-67-58-22-45(9)68(74)27-63(58)55-19-42(6)40(4)17-53(55)61(67)26-49(72)13/h14-31,74H,32-36H2,1-13H3. The van der Waals surface area contributed by atoms with Gasteiger partial charge in [0.15, 0.2) is 32.9 Å². The zero-order chi connectivity index (χ0) is 58.3. The summed E-state index contributed by atoms with van der Waals surface area (Å²) in [5.41, 5.74) is 14.2. The molecule has 0 aromatic heterocycles. The molecule has 0 atom stereocenters. The topological polar surface area (TPSA) is 111 Å². The van der Waals surface area contributed by atoms with E-state index in [0.29, 0.717) is 17.2 Å². The largest absolute Gasteiger partial charge is 0.508 e. The van der Waals surface area contributed by atoms with Crippen molar-refractivity contribution in [2.75, 3.05) is 33.8 Å². The first kappa shape index (κ1) is 55.0. The summed E-state index contributed by atoms with van der Waals surface area (Å²) in [7, 11) is 0. The molecule has 0 fully saturated rings. The van der Waals surface area contributed by atoms with E-state index < -0.39 is 5.97 Å². The molecule has 12 aromatic carbocycles. The van der Waals surface area contributed by atoms with E-state index >= 15 is 0 Å². The van der Waals surface area contributed by atoms with Gasteiger partial charge in [-0.3, -0.25) is 0 Å². The van der Waals surface area contributed by atoms with Crippen LogP contribution in [0.4, 0.5) is 0 Å². The normalized spacial score (nSPS) is 12.0. The van der Waals surface area contributed by atoms with Crippen molar-refractivity contribution in [2.24, 2.45) is 0 Å².